The van der Waals surface area contributed by atoms with Crippen LogP contribution in [-0.2, 0) is 18.9 Å². The van der Waals surface area contributed by atoms with E-state index in [0.717, 1.165) is 0 Å². The van der Waals surface area contributed by atoms with Crippen molar-refractivity contribution < 1.29 is 26.3 Å². The van der Waals surface area contributed by atoms with E-state index in [1.165, 1.54) is 6.92 Å². The molecule has 0 aliphatic carbocycles. The predicted molar refractivity (Wildman–Crippen MR) is 40.3 cm³/mol. The Labute approximate surface area is 86.1 Å². The number of hydrogen-bond donors (Lipinski definition) is 0. The van der Waals surface area contributed by atoms with E-state index in [9.17, 15) is 26.3 Å². The lowest BCUT2D eigenvalue weighted by Crippen LogP contribution is -2.20. The lowest BCUT2D eigenvalue weighted by molar-refractivity contribution is -0.155. The molecule has 1 aromatic rings. The number of nitrogens with zero attached hydrogens (tertiary/aromatic N) is 3. The molecule has 92 valence electrons. The average Bonchev–Trinajstić information content (AvgIpc) is 2.46. The highest BCUT2D eigenvalue weighted by atomic mass is 19.4. The van der Waals surface area contributed by atoms with Crippen LogP contribution in [0, 0.1) is 0 Å². The fourth-order valence-electron chi connectivity index (χ4n) is 1.16. The fraction of sp³-hybridized carbons (Fsp3) is 0.714. The van der Waals surface area contributed by atoms with Crippen molar-refractivity contribution in [2.75, 3.05) is 0 Å². The van der Waals surface area contributed by atoms with Gasteiger partial charge in [0, 0.05) is 6.54 Å². The van der Waals surface area contributed by atoms with E-state index >= 15 is 0 Å². The number of hydrogen-bond acceptors (Lipinski definition) is 2. The molecule has 0 unspecified atom stereocenters. The van der Waals surface area contributed by atoms with Gasteiger partial charge < -0.3 is 0 Å². The molecule has 0 saturated carbocycles. The Kier molecular flexibility index (Phi) is 3.15. The number of halogens is 6. The second-order valence-electron chi connectivity index (χ2n) is 2.99. The van der Waals surface area contributed by atoms with E-state index in [2.05, 4.69) is 10.2 Å². The van der Waals surface area contributed by atoms with Crippen LogP contribution in [0.1, 0.15) is 25.0 Å². The minimum Gasteiger partial charge on any atom is -0.300 e. The molecule has 0 radical (unpaired) electrons. The normalized spacial score (nSPS) is 13.2. The fourth-order valence-corrected chi connectivity index (χ4v) is 1.16. The minimum absolute atomic E-state index is 0.0417. The molecule has 1 rings (SSSR count). The maximum absolute atomic E-state index is 12.3. The summed E-state index contributed by atoms with van der Waals surface area (Å²) in [4.78, 5) is 0. The quantitative estimate of drug-likeness (QED) is 0.752. The van der Waals surface area contributed by atoms with Crippen molar-refractivity contribution in [3.63, 3.8) is 0 Å². The summed E-state index contributed by atoms with van der Waals surface area (Å²) in [5.74, 6) is -3.25. The van der Waals surface area contributed by atoms with Gasteiger partial charge in [-0.2, -0.15) is 26.3 Å². The van der Waals surface area contributed by atoms with Gasteiger partial charge in [-0.1, -0.05) is 6.92 Å². The third kappa shape index (κ3) is 2.45. The van der Waals surface area contributed by atoms with Crippen LogP contribution in [0.5, 0.6) is 0 Å². The van der Waals surface area contributed by atoms with Gasteiger partial charge >= 0.3 is 12.4 Å². The molecule has 0 aliphatic rings. The van der Waals surface area contributed by atoms with Gasteiger partial charge in [0.05, 0.1) is 0 Å². The molecule has 0 aliphatic heterocycles. The molecule has 1 heterocycles. The Bertz CT molecular complexity index is 332. The molecule has 0 aromatic carbocycles. The van der Waals surface area contributed by atoms with E-state index in [4.69, 9.17) is 0 Å². The zero-order valence-electron chi connectivity index (χ0n) is 8.02. The Balaban J connectivity index is 3.28. The zero-order valence-corrected chi connectivity index (χ0v) is 8.02. The van der Waals surface area contributed by atoms with E-state index in [1.807, 2.05) is 0 Å². The lowest BCUT2D eigenvalue weighted by Gasteiger charge is -2.12. The molecule has 9 heteroatoms. The first kappa shape index (κ1) is 12.8. The van der Waals surface area contributed by atoms with E-state index in [-0.39, 0.29) is 11.0 Å². The van der Waals surface area contributed by atoms with Crippen molar-refractivity contribution in [2.45, 2.75) is 32.2 Å². The van der Waals surface area contributed by atoms with Crippen LogP contribution in [0.15, 0.2) is 0 Å². The van der Waals surface area contributed by atoms with E-state index in [1.54, 1.807) is 0 Å². The van der Waals surface area contributed by atoms with Crippen molar-refractivity contribution in [2.24, 2.45) is 0 Å². The molecule has 0 saturated heterocycles. The molecule has 0 bridgehead atoms. The average molecular weight is 247 g/mol. The van der Waals surface area contributed by atoms with Crippen LogP contribution in [0.2, 0.25) is 0 Å². The largest absolute Gasteiger partial charge is 0.451 e. The highest BCUT2D eigenvalue weighted by Gasteiger charge is 2.44. The van der Waals surface area contributed by atoms with Crippen molar-refractivity contribution in [3.05, 3.63) is 11.6 Å². The van der Waals surface area contributed by atoms with Crippen LogP contribution < -0.4 is 0 Å². The van der Waals surface area contributed by atoms with Crippen molar-refractivity contribution in [3.8, 4) is 0 Å². The highest BCUT2D eigenvalue weighted by molar-refractivity contribution is 5.02. The molecule has 0 atom stereocenters. The summed E-state index contributed by atoms with van der Waals surface area (Å²) in [6.45, 7) is 1.02. The van der Waals surface area contributed by atoms with Gasteiger partial charge in [-0.15, -0.1) is 10.2 Å². The monoisotopic (exact) mass is 247 g/mol. The third-order valence-corrected chi connectivity index (χ3v) is 1.71. The molecule has 16 heavy (non-hydrogen) atoms. The van der Waals surface area contributed by atoms with Gasteiger partial charge in [0.15, 0.2) is 0 Å². The number of aromatic nitrogens is 3. The summed E-state index contributed by atoms with van der Waals surface area (Å²) in [7, 11) is 0. The molecule has 0 fully saturated rings. The minimum atomic E-state index is -4.94. The van der Waals surface area contributed by atoms with Crippen LogP contribution in [0.3, 0.4) is 0 Å². The van der Waals surface area contributed by atoms with Crippen molar-refractivity contribution >= 4 is 0 Å². The molecule has 3 nitrogen and oxygen atoms in total. The van der Waals surface area contributed by atoms with Crippen molar-refractivity contribution in [1.82, 2.24) is 14.8 Å². The summed E-state index contributed by atoms with van der Waals surface area (Å²) in [6, 6.07) is 0. The molecular weight excluding hydrogens is 240 g/mol. The first-order valence-corrected chi connectivity index (χ1v) is 4.25. The number of rotatable bonds is 2. The van der Waals surface area contributed by atoms with Crippen LogP contribution in [-0.4, -0.2) is 14.8 Å². The Morgan fingerprint density at radius 3 is 1.56 bits per heavy atom. The molecule has 0 amide bonds. The maximum atomic E-state index is 12.3. The molecule has 0 spiro atoms. The Morgan fingerprint density at radius 2 is 1.31 bits per heavy atom. The third-order valence-electron chi connectivity index (χ3n) is 1.71. The van der Waals surface area contributed by atoms with Crippen LogP contribution in [0.4, 0.5) is 26.3 Å². The predicted octanol–water partition coefficient (Wildman–Crippen LogP) is 2.73. The van der Waals surface area contributed by atoms with E-state index < -0.39 is 30.5 Å². The Morgan fingerprint density at radius 1 is 0.938 bits per heavy atom. The zero-order chi connectivity index (χ0) is 12.6. The van der Waals surface area contributed by atoms with Gasteiger partial charge in [0.25, 0.3) is 0 Å². The summed E-state index contributed by atoms with van der Waals surface area (Å²) in [6.07, 6.45) is -9.76. The Hall–Kier alpha value is -1.28. The first-order chi connectivity index (χ1) is 7.18. The van der Waals surface area contributed by atoms with E-state index in [0.29, 0.717) is 0 Å². The maximum Gasteiger partial charge on any atom is 0.451 e. The van der Waals surface area contributed by atoms with Crippen LogP contribution >= 0.6 is 0 Å². The second kappa shape index (κ2) is 3.95. The highest BCUT2D eigenvalue weighted by Crippen LogP contribution is 2.33. The second-order valence-corrected chi connectivity index (χ2v) is 2.99. The van der Waals surface area contributed by atoms with Crippen LogP contribution in [0.25, 0.3) is 0 Å². The summed E-state index contributed by atoms with van der Waals surface area (Å²) >= 11 is 0. The summed E-state index contributed by atoms with van der Waals surface area (Å²) < 4.78 is 73.7. The van der Waals surface area contributed by atoms with Crippen molar-refractivity contribution in [1.29, 1.82) is 0 Å². The smallest absolute Gasteiger partial charge is 0.300 e. The molecule has 0 N–H and O–H groups in total. The molecule has 1 aromatic heterocycles. The SMILES string of the molecule is CCCn1c(C(F)(F)F)nnc1C(F)(F)F. The van der Waals surface area contributed by atoms with Gasteiger partial charge in [-0.25, -0.2) is 0 Å². The van der Waals surface area contributed by atoms with Gasteiger partial charge in [0.1, 0.15) is 0 Å². The molecular formula is C7H7F6N3. The topological polar surface area (TPSA) is 30.7 Å². The van der Waals surface area contributed by atoms with Gasteiger partial charge in [-0.3, -0.25) is 4.57 Å². The number of alkyl halides is 6. The van der Waals surface area contributed by atoms with Gasteiger partial charge in [-0.05, 0) is 6.42 Å². The lowest BCUT2D eigenvalue weighted by atomic mass is 10.4. The summed E-state index contributed by atoms with van der Waals surface area (Å²) in [5.41, 5.74) is 0. The standard InChI is InChI=1S/C7H7F6N3/c1-2-3-16-4(6(8,9)10)14-15-5(16)7(11,12)13/h2-3H2,1H3. The first-order valence-electron chi connectivity index (χ1n) is 4.25. The summed E-state index contributed by atoms with van der Waals surface area (Å²) in [5, 5.41) is 5.08. The van der Waals surface area contributed by atoms with Gasteiger partial charge in [0.2, 0.25) is 11.6 Å².